The molecule has 0 unspecified atom stereocenters. The molecule has 0 fully saturated rings. The molecular formula is C25H28N2O5S. The van der Waals surface area contributed by atoms with Crippen molar-refractivity contribution in [2.24, 2.45) is 0 Å². The minimum Gasteiger partial charge on any atom is -0.497 e. The number of ether oxygens (including phenoxy) is 2. The molecule has 3 aromatic rings. The first kappa shape index (κ1) is 24.3. The van der Waals surface area contributed by atoms with Crippen LogP contribution in [0.4, 0.5) is 5.69 Å². The van der Waals surface area contributed by atoms with Crippen molar-refractivity contribution in [1.82, 2.24) is 4.31 Å². The van der Waals surface area contributed by atoms with Crippen LogP contribution >= 0.6 is 0 Å². The van der Waals surface area contributed by atoms with Crippen molar-refractivity contribution in [2.45, 2.75) is 25.3 Å². The summed E-state index contributed by atoms with van der Waals surface area (Å²) in [6, 6.07) is 18.7. The number of nitrogens with zero attached hydrogens (tertiary/aromatic N) is 1. The van der Waals surface area contributed by atoms with Gasteiger partial charge in [-0.3, -0.25) is 4.79 Å². The lowest BCUT2D eigenvalue weighted by Crippen LogP contribution is -2.27. The largest absolute Gasteiger partial charge is 0.497 e. The van der Waals surface area contributed by atoms with E-state index in [1.165, 1.54) is 11.4 Å². The first-order valence-electron chi connectivity index (χ1n) is 10.5. The second-order valence-electron chi connectivity index (χ2n) is 7.51. The Bertz CT molecular complexity index is 1210. The number of sulfonamides is 1. The van der Waals surface area contributed by atoms with E-state index in [2.05, 4.69) is 5.32 Å². The maximum atomic E-state index is 13.0. The zero-order valence-corrected chi connectivity index (χ0v) is 20.0. The molecule has 1 N–H and O–H groups in total. The number of amides is 1. The summed E-state index contributed by atoms with van der Waals surface area (Å²) in [6.07, 6.45) is 0. The molecule has 3 aromatic carbocycles. The predicted octanol–water partition coefficient (Wildman–Crippen LogP) is 4.48. The van der Waals surface area contributed by atoms with Crippen molar-refractivity contribution in [3.8, 4) is 11.5 Å². The smallest absolute Gasteiger partial charge is 0.255 e. The second kappa shape index (κ2) is 10.5. The van der Waals surface area contributed by atoms with E-state index >= 15 is 0 Å². The molecule has 1 amide bonds. The molecule has 0 saturated carbocycles. The van der Waals surface area contributed by atoms with Gasteiger partial charge in [0.25, 0.3) is 5.91 Å². The minimum absolute atomic E-state index is 0.0508. The zero-order valence-electron chi connectivity index (χ0n) is 19.2. The number of benzene rings is 3. The van der Waals surface area contributed by atoms with Crippen molar-refractivity contribution in [1.29, 1.82) is 0 Å². The van der Waals surface area contributed by atoms with E-state index in [9.17, 15) is 13.2 Å². The summed E-state index contributed by atoms with van der Waals surface area (Å²) < 4.78 is 38.1. The molecule has 3 rings (SSSR count). The van der Waals surface area contributed by atoms with E-state index in [4.69, 9.17) is 9.47 Å². The number of anilines is 1. The molecule has 174 valence electrons. The summed E-state index contributed by atoms with van der Waals surface area (Å²) >= 11 is 0. The molecule has 0 saturated heterocycles. The van der Waals surface area contributed by atoms with Crippen LogP contribution < -0.4 is 14.8 Å². The summed E-state index contributed by atoms with van der Waals surface area (Å²) in [6.45, 7) is 4.21. The van der Waals surface area contributed by atoms with Crippen LogP contribution in [0.15, 0.2) is 71.6 Å². The summed E-state index contributed by atoms with van der Waals surface area (Å²) in [5.41, 5.74) is 2.59. The Hall–Kier alpha value is -3.36. The van der Waals surface area contributed by atoms with Crippen LogP contribution in [-0.2, 0) is 16.6 Å². The third-order valence-corrected chi connectivity index (χ3v) is 6.91. The molecule has 0 aliphatic carbocycles. The lowest BCUT2D eigenvalue weighted by Gasteiger charge is -2.20. The topological polar surface area (TPSA) is 84.9 Å². The summed E-state index contributed by atoms with van der Waals surface area (Å²) in [5.74, 6) is 0.909. The van der Waals surface area contributed by atoms with Crippen molar-refractivity contribution < 1.29 is 22.7 Å². The SMILES string of the molecule is CCOc1ccc(C(=O)Nc2ccc(OC)cc2)cc1CN(C)S(=O)(=O)c1ccc(C)cc1. The fraction of sp³-hybridized carbons (Fsp3) is 0.240. The Labute approximate surface area is 195 Å². The molecule has 7 nitrogen and oxygen atoms in total. The van der Waals surface area contributed by atoms with Gasteiger partial charge in [-0.15, -0.1) is 0 Å². The van der Waals surface area contributed by atoms with Gasteiger partial charge in [0.15, 0.2) is 0 Å². The highest BCUT2D eigenvalue weighted by Gasteiger charge is 2.22. The zero-order chi connectivity index (χ0) is 24.0. The quantitative estimate of drug-likeness (QED) is 0.501. The summed E-state index contributed by atoms with van der Waals surface area (Å²) in [5, 5.41) is 2.84. The van der Waals surface area contributed by atoms with E-state index < -0.39 is 10.0 Å². The molecule has 0 bridgehead atoms. The van der Waals surface area contributed by atoms with Crippen LogP contribution in [0.25, 0.3) is 0 Å². The molecule has 0 aromatic heterocycles. The average Bonchev–Trinajstić information content (AvgIpc) is 2.81. The number of carbonyl (C=O) groups is 1. The highest BCUT2D eigenvalue weighted by molar-refractivity contribution is 7.89. The van der Waals surface area contributed by atoms with Crippen LogP contribution in [0, 0.1) is 6.92 Å². The van der Waals surface area contributed by atoms with Gasteiger partial charge in [-0.2, -0.15) is 4.31 Å². The number of aryl methyl sites for hydroxylation is 1. The maximum Gasteiger partial charge on any atom is 0.255 e. The monoisotopic (exact) mass is 468 g/mol. The van der Waals surface area contributed by atoms with Crippen LogP contribution in [-0.4, -0.2) is 39.4 Å². The van der Waals surface area contributed by atoms with Gasteiger partial charge < -0.3 is 14.8 Å². The molecule has 0 atom stereocenters. The van der Waals surface area contributed by atoms with Crippen LogP contribution in [0.3, 0.4) is 0 Å². The van der Waals surface area contributed by atoms with Gasteiger partial charge in [0, 0.05) is 30.4 Å². The van der Waals surface area contributed by atoms with Crippen molar-refractivity contribution in [2.75, 3.05) is 26.1 Å². The van der Waals surface area contributed by atoms with Gasteiger partial charge in [0.2, 0.25) is 10.0 Å². The van der Waals surface area contributed by atoms with E-state index in [1.54, 1.807) is 73.8 Å². The van der Waals surface area contributed by atoms with Crippen LogP contribution in [0.5, 0.6) is 11.5 Å². The standard InChI is InChI=1S/C25H28N2O5S/c1-5-32-24-15-8-19(25(28)26-21-9-11-22(31-4)12-10-21)16-20(24)17-27(3)33(29,30)23-13-6-18(2)7-14-23/h6-16H,5,17H2,1-4H3,(H,26,28). The third-order valence-electron chi connectivity index (χ3n) is 5.09. The van der Waals surface area contributed by atoms with Gasteiger partial charge in [0.1, 0.15) is 11.5 Å². The number of hydrogen-bond donors (Lipinski definition) is 1. The summed E-state index contributed by atoms with van der Waals surface area (Å²) in [4.78, 5) is 13.0. The molecular weight excluding hydrogens is 440 g/mol. The van der Waals surface area contributed by atoms with E-state index in [1.807, 2.05) is 13.8 Å². The maximum absolute atomic E-state index is 13.0. The first-order chi connectivity index (χ1) is 15.7. The normalized spacial score (nSPS) is 11.3. The Morgan fingerprint density at radius 3 is 2.27 bits per heavy atom. The lowest BCUT2D eigenvalue weighted by atomic mass is 10.1. The number of rotatable bonds is 9. The van der Waals surface area contributed by atoms with E-state index in [0.717, 1.165) is 5.56 Å². The highest BCUT2D eigenvalue weighted by atomic mass is 32.2. The summed E-state index contributed by atoms with van der Waals surface area (Å²) in [7, 11) is -0.625. The van der Waals surface area contributed by atoms with Gasteiger partial charge in [-0.25, -0.2) is 8.42 Å². The average molecular weight is 469 g/mol. The molecule has 0 aliphatic heterocycles. The Kier molecular flexibility index (Phi) is 7.73. The van der Waals surface area contributed by atoms with Gasteiger partial charge in [0.05, 0.1) is 18.6 Å². The second-order valence-corrected chi connectivity index (χ2v) is 9.56. The lowest BCUT2D eigenvalue weighted by molar-refractivity contribution is 0.102. The van der Waals surface area contributed by atoms with E-state index in [0.29, 0.717) is 34.9 Å². The fourth-order valence-electron chi connectivity index (χ4n) is 3.23. The van der Waals surface area contributed by atoms with Crippen molar-refractivity contribution in [3.05, 3.63) is 83.4 Å². The molecule has 0 aliphatic rings. The predicted molar refractivity (Wildman–Crippen MR) is 128 cm³/mol. The van der Waals surface area contributed by atoms with E-state index in [-0.39, 0.29) is 17.3 Å². The molecule has 8 heteroatoms. The Morgan fingerprint density at radius 2 is 1.67 bits per heavy atom. The Balaban J connectivity index is 1.84. The third kappa shape index (κ3) is 5.91. The first-order valence-corrected chi connectivity index (χ1v) is 11.9. The molecule has 0 radical (unpaired) electrons. The van der Waals surface area contributed by atoms with Gasteiger partial charge >= 0.3 is 0 Å². The van der Waals surface area contributed by atoms with Crippen molar-refractivity contribution in [3.63, 3.8) is 0 Å². The number of methoxy groups -OCH3 is 1. The number of nitrogens with one attached hydrogen (secondary N) is 1. The minimum atomic E-state index is -3.71. The van der Waals surface area contributed by atoms with Gasteiger partial charge in [-0.05, 0) is 68.4 Å². The Morgan fingerprint density at radius 1 is 1.00 bits per heavy atom. The fourth-order valence-corrected chi connectivity index (χ4v) is 4.38. The van der Waals surface area contributed by atoms with Crippen LogP contribution in [0.1, 0.15) is 28.4 Å². The van der Waals surface area contributed by atoms with Gasteiger partial charge in [-0.1, -0.05) is 17.7 Å². The molecule has 33 heavy (non-hydrogen) atoms. The molecule has 0 heterocycles. The highest BCUT2D eigenvalue weighted by Crippen LogP contribution is 2.25. The van der Waals surface area contributed by atoms with Crippen LogP contribution in [0.2, 0.25) is 0 Å². The number of hydrogen-bond acceptors (Lipinski definition) is 5. The number of carbonyl (C=O) groups excluding carboxylic acids is 1. The van der Waals surface area contributed by atoms with Crippen molar-refractivity contribution >= 4 is 21.6 Å². The molecule has 0 spiro atoms.